The summed E-state index contributed by atoms with van der Waals surface area (Å²) in [5, 5.41) is 11.2. The smallest absolute Gasteiger partial charge is 0.252 e. The molecule has 1 fully saturated rings. The van der Waals surface area contributed by atoms with Crippen LogP contribution in [0.2, 0.25) is 0 Å². The molecule has 5 nitrogen and oxygen atoms in total. The number of sulfonamides is 1. The minimum atomic E-state index is -3.37. The highest BCUT2D eigenvalue weighted by Gasteiger charge is 2.46. The minimum Gasteiger partial charge on any atom is -0.395 e. The molecular formula is C18H22N2O3S2. The molecule has 0 atom stereocenters. The van der Waals surface area contributed by atoms with Crippen molar-refractivity contribution in [1.82, 2.24) is 4.31 Å². The summed E-state index contributed by atoms with van der Waals surface area (Å²) in [4.78, 5) is 2.23. The first-order valence-corrected chi connectivity index (χ1v) is 10.9. The number of para-hydroxylation sites is 1. The van der Waals surface area contributed by atoms with E-state index in [1.54, 1.807) is 21.8 Å². The first-order chi connectivity index (χ1) is 12.1. The summed E-state index contributed by atoms with van der Waals surface area (Å²) in [5.41, 5.74) is 2.48. The first kappa shape index (κ1) is 17.0. The van der Waals surface area contributed by atoms with Crippen molar-refractivity contribution in [3.63, 3.8) is 0 Å². The Morgan fingerprint density at radius 1 is 1.12 bits per heavy atom. The maximum absolute atomic E-state index is 12.8. The maximum Gasteiger partial charge on any atom is 0.252 e. The monoisotopic (exact) mass is 378 g/mol. The van der Waals surface area contributed by atoms with Gasteiger partial charge in [-0.05, 0) is 35.9 Å². The highest BCUT2D eigenvalue weighted by Crippen LogP contribution is 2.47. The number of fused-ring (bicyclic) bond motifs is 2. The largest absolute Gasteiger partial charge is 0.395 e. The predicted octanol–water partition coefficient (Wildman–Crippen LogP) is 2.28. The van der Waals surface area contributed by atoms with E-state index in [2.05, 4.69) is 23.1 Å². The van der Waals surface area contributed by atoms with Gasteiger partial charge in [-0.2, -0.15) is 4.31 Å². The molecule has 0 bridgehead atoms. The molecule has 1 saturated heterocycles. The number of nitrogens with zero attached hydrogens (tertiary/aromatic N) is 2. The molecule has 0 radical (unpaired) electrons. The minimum absolute atomic E-state index is 0.00671. The SMILES string of the molecule is O=S(=O)(c1cccs1)N1CCC2(CC1)CN(CCO)c1ccccc12. The normalized spacial score (nSPS) is 20.1. The van der Waals surface area contributed by atoms with Crippen LogP contribution in [0, 0.1) is 0 Å². The summed E-state index contributed by atoms with van der Waals surface area (Å²) in [7, 11) is -3.37. The molecule has 25 heavy (non-hydrogen) atoms. The molecule has 2 aromatic rings. The van der Waals surface area contributed by atoms with Crippen molar-refractivity contribution in [3.8, 4) is 0 Å². The molecule has 1 N–H and O–H groups in total. The molecule has 0 amide bonds. The molecule has 1 aromatic heterocycles. The fraction of sp³-hybridized carbons (Fsp3) is 0.444. The second kappa shape index (κ2) is 6.39. The van der Waals surface area contributed by atoms with E-state index in [9.17, 15) is 13.5 Å². The third kappa shape index (κ3) is 2.79. The molecule has 7 heteroatoms. The van der Waals surface area contributed by atoms with Crippen molar-refractivity contribution < 1.29 is 13.5 Å². The van der Waals surface area contributed by atoms with Crippen LogP contribution in [0.15, 0.2) is 46.0 Å². The zero-order valence-corrected chi connectivity index (χ0v) is 15.6. The number of hydrogen-bond acceptors (Lipinski definition) is 5. The van der Waals surface area contributed by atoms with Gasteiger partial charge in [0.25, 0.3) is 10.0 Å². The first-order valence-electron chi connectivity index (χ1n) is 8.56. The van der Waals surface area contributed by atoms with E-state index < -0.39 is 10.0 Å². The van der Waals surface area contributed by atoms with E-state index >= 15 is 0 Å². The van der Waals surface area contributed by atoms with Crippen LogP contribution in [-0.4, -0.2) is 50.6 Å². The van der Waals surface area contributed by atoms with Gasteiger partial charge in [-0.3, -0.25) is 0 Å². The number of hydrogen-bond donors (Lipinski definition) is 1. The van der Waals surface area contributed by atoms with E-state index in [0.29, 0.717) is 23.8 Å². The topological polar surface area (TPSA) is 60.9 Å². The van der Waals surface area contributed by atoms with Crippen LogP contribution in [0.25, 0.3) is 0 Å². The van der Waals surface area contributed by atoms with Crippen molar-refractivity contribution >= 4 is 27.0 Å². The summed E-state index contributed by atoms with van der Waals surface area (Å²) in [6, 6.07) is 11.8. The number of aliphatic hydroxyl groups excluding tert-OH is 1. The molecule has 0 unspecified atom stereocenters. The Kier molecular flexibility index (Phi) is 4.35. The Morgan fingerprint density at radius 3 is 2.56 bits per heavy atom. The number of piperidine rings is 1. The highest BCUT2D eigenvalue weighted by molar-refractivity contribution is 7.91. The van der Waals surface area contributed by atoms with Crippen molar-refractivity contribution in [3.05, 3.63) is 47.3 Å². The second-order valence-corrected chi connectivity index (χ2v) is 9.89. The van der Waals surface area contributed by atoms with Crippen LogP contribution in [-0.2, 0) is 15.4 Å². The molecule has 3 heterocycles. The van der Waals surface area contributed by atoms with E-state index in [0.717, 1.165) is 19.4 Å². The quantitative estimate of drug-likeness (QED) is 0.887. The molecule has 134 valence electrons. The van der Waals surface area contributed by atoms with Gasteiger partial charge in [0.1, 0.15) is 4.21 Å². The molecule has 1 spiro atoms. The zero-order valence-electron chi connectivity index (χ0n) is 14.0. The molecular weight excluding hydrogens is 356 g/mol. The average Bonchev–Trinajstić information content (AvgIpc) is 3.25. The van der Waals surface area contributed by atoms with Crippen LogP contribution in [0.5, 0.6) is 0 Å². The summed E-state index contributed by atoms with van der Waals surface area (Å²) >= 11 is 1.28. The standard InChI is InChI=1S/C18H22N2O3S2/c21-12-11-19-14-18(15-4-1-2-5-16(15)19)7-9-20(10-8-18)25(22,23)17-6-3-13-24-17/h1-6,13,21H,7-12,14H2. The Morgan fingerprint density at radius 2 is 1.88 bits per heavy atom. The van der Waals surface area contributed by atoms with E-state index in [1.165, 1.54) is 22.6 Å². The third-order valence-electron chi connectivity index (χ3n) is 5.45. The summed E-state index contributed by atoms with van der Waals surface area (Å²) in [6.45, 7) is 2.70. The number of β-amino-alcohol motifs (C(OH)–C–C–N with tert-alkyl or cyclic N) is 1. The molecule has 2 aliphatic heterocycles. The van der Waals surface area contributed by atoms with Crippen LogP contribution in [0.1, 0.15) is 18.4 Å². The van der Waals surface area contributed by atoms with Gasteiger partial charge in [0.2, 0.25) is 0 Å². The van der Waals surface area contributed by atoms with Gasteiger partial charge in [0, 0.05) is 37.3 Å². The van der Waals surface area contributed by atoms with Gasteiger partial charge >= 0.3 is 0 Å². The number of anilines is 1. The lowest BCUT2D eigenvalue weighted by atomic mass is 9.75. The number of thiophene rings is 1. The van der Waals surface area contributed by atoms with Gasteiger partial charge < -0.3 is 10.0 Å². The number of aliphatic hydroxyl groups is 1. The van der Waals surface area contributed by atoms with Crippen molar-refractivity contribution in [2.24, 2.45) is 0 Å². The lowest BCUT2D eigenvalue weighted by molar-refractivity contribution is 0.240. The van der Waals surface area contributed by atoms with Crippen molar-refractivity contribution in [2.45, 2.75) is 22.5 Å². The fourth-order valence-corrected chi connectivity index (χ4v) is 6.76. The third-order valence-corrected chi connectivity index (χ3v) is 8.72. The van der Waals surface area contributed by atoms with Crippen LogP contribution in [0.4, 0.5) is 5.69 Å². The molecule has 0 saturated carbocycles. The number of rotatable bonds is 4. The summed E-state index contributed by atoms with van der Waals surface area (Å²) in [5.74, 6) is 0. The highest BCUT2D eigenvalue weighted by atomic mass is 32.2. The van der Waals surface area contributed by atoms with Crippen LogP contribution >= 0.6 is 11.3 Å². The fourth-order valence-electron chi connectivity index (χ4n) is 4.17. The average molecular weight is 379 g/mol. The summed E-state index contributed by atoms with van der Waals surface area (Å²) < 4.78 is 27.6. The van der Waals surface area contributed by atoms with E-state index in [4.69, 9.17) is 0 Å². The Hall–Kier alpha value is -1.41. The lowest BCUT2D eigenvalue weighted by Crippen LogP contribution is -2.47. The van der Waals surface area contributed by atoms with Gasteiger partial charge in [-0.15, -0.1) is 11.3 Å². The maximum atomic E-state index is 12.8. The Labute approximate surface area is 152 Å². The van der Waals surface area contributed by atoms with Gasteiger partial charge in [0.15, 0.2) is 0 Å². The Balaban J connectivity index is 1.58. The van der Waals surface area contributed by atoms with Gasteiger partial charge in [-0.1, -0.05) is 24.3 Å². The molecule has 2 aliphatic rings. The lowest BCUT2D eigenvalue weighted by Gasteiger charge is -2.39. The van der Waals surface area contributed by atoms with Crippen molar-refractivity contribution in [1.29, 1.82) is 0 Å². The van der Waals surface area contributed by atoms with Gasteiger partial charge in [-0.25, -0.2) is 8.42 Å². The number of benzene rings is 1. The van der Waals surface area contributed by atoms with E-state index in [1.807, 2.05) is 6.07 Å². The summed E-state index contributed by atoms with van der Waals surface area (Å²) in [6.07, 6.45) is 1.63. The molecule has 1 aromatic carbocycles. The van der Waals surface area contributed by atoms with Crippen molar-refractivity contribution in [2.75, 3.05) is 37.7 Å². The van der Waals surface area contributed by atoms with Gasteiger partial charge in [0.05, 0.1) is 6.61 Å². The van der Waals surface area contributed by atoms with E-state index in [-0.39, 0.29) is 12.0 Å². The molecule has 4 rings (SSSR count). The molecule has 0 aliphatic carbocycles. The van der Waals surface area contributed by atoms with Crippen LogP contribution < -0.4 is 4.90 Å². The Bertz CT molecular complexity index is 841. The predicted molar refractivity (Wildman–Crippen MR) is 99.7 cm³/mol. The zero-order chi connectivity index (χ0) is 17.5. The van der Waals surface area contributed by atoms with Crippen LogP contribution in [0.3, 0.4) is 0 Å². The second-order valence-electron chi connectivity index (χ2n) is 6.78.